The molecule has 0 fully saturated rings. The molecule has 1 aliphatic rings. The lowest BCUT2D eigenvalue weighted by atomic mass is 10.2. The maximum Gasteiger partial charge on any atom is 0.269 e. The molecule has 9 heteroatoms. The molecular formula is C17H14F2N2O4S. The van der Waals surface area contributed by atoms with E-state index in [0.717, 1.165) is 12.1 Å². The van der Waals surface area contributed by atoms with Crippen molar-refractivity contribution in [2.24, 2.45) is 0 Å². The number of nitrogens with one attached hydrogen (secondary N) is 1. The van der Waals surface area contributed by atoms with Crippen LogP contribution in [0.4, 0.5) is 8.78 Å². The van der Waals surface area contributed by atoms with Gasteiger partial charge in [0.25, 0.3) is 15.9 Å². The molecule has 6 nitrogen and oxygen atoms in total. The molecule has 136 valence electrons. The number of nitrogens with zero attached hydrogens (tertiary/aromatic N) is 1. The minimum Gasteiger partial charge on any atom is -0.352 e. The Morgan fingerprint density at radius 3 is 2.35 bits per heavy atom. The topological polar surface area (TPSA) is 83.6 Å². The van der Waals surface area contributed by atoms with E-state index in [1.54, 1.807) is 6.07 Å². The van der Waals surface area contributed by atoms with Crippen molar-refractivity contribution in [2.45, 2.75) is 17.9 Å². The van der Waals surface area contributed by atoms with Crippen molar-refractivity contribution in [3.05, 3.63) is 65.2 Å². The molecule has 0 unspecified atom stereocenters. The van der Waals surface area contributed by atoms with Crippen molar-refractivity contribution in [1.82, 2.24) is 9.62 Å². The Morgan fingerprint density at radius 2 is 1.69 bits per heavy atom. The summed E-state index contributed by atoms with van der Waals surface area (Å²) in [6, 6.07) is 9.11. The molecule has 2 amide bonds. The quantitative estimate of drug-likeness (QED) is 0.858. The molecule has 3 rings (SSSR count). The monoisotopic (exact) mass is 380 g/mol. The maximum absolute atomic E-state index is 13.5. The van der Waals surface area contributed by atoms with Gasteiger partial charge < -0.3 is 5.32 Å². The van der Waals surface area contributed by atoms with Crippen LogP contribution < -0.4 is 5.32 Å². The fourth-order valence-electron chi connectivity index (χ4n) is 2.63. The van der Waals surface area contributed by atoms with Crippen molar-refractivity contribution < 1.29 is 26.8 Å². The number of benzene rings is 2. The second kappa shape index (κ2) is 6.83. The first-order chi connectivity index (χ1) is 12.3. The Labute approximate surface area is 148 Å². The third-order valence-corrected chi connectivity index (χ3v) is 5.82. The van der Waals surface area contributed by atoms with Gasteiger partial charge in [0.1, 0.15) is 16.5 Å². The number of hydrogen-bond donors (Lipinski definition) is 1. The molecular weight excluding hydrogens is 366 g/mol. The van der Waals surface area contributed by atoms with Gasteiger partial charge in [-0.3, -0.25) is 9.59 Å². The summed E-state index contributed by atoms with van der Waals surface area (Å²) in [5.41, 5.74) is -0.237. The number of sulfonamides is 1. The van der Waals surface area contributed by atoms with Crippen molar-refractivity contribution in [2.75, 3.05) is 6.54 Å². The summed E-state index contributed by atoms with van der Waals surface area (Å²) in [5.74, 6) is -2.92. The van der Waals surface area contributed by atoms with Gasteiger partial charge >= 0.3 is 0 Å². The number of fused-ring (bicyclic) bond motifs is 1. The summed E-state index contributed by atoms with van der Waals surface area (Å²) in [6.07, 6.45) is -0.324. The number of hydrogen-bond acceptors (Lipinski definition) is 4. The van der Waals surface area contributed by atoms with E-state index >= 15 is 0 Å². The second-order valence-electron chi connectivity index (χ2n) is 5.61. The van der Waals surface area contributed by atoms with Crippen LogP contribution in [0.25, 0.3) is 0 Å². The zero-order valence-corrected chi connectivity index (χ0v) is 14.2. The molecule has 0 aromatic heterocycles. The van der Waals surface area contributed by atoms with E-state index in [-0.39, 0.29) is 35.5 Å². The lowest BCUT2D eigenvalue weighted by Crippen LogP contribution is -2.34. The Hall–Kier alpha value is -2.81. The summed E-state index contributed by atoms with van der Waals surface area (Å²) in [7, 11) is -3.99. The zero-order chi connectivity index (χ0) is 18.9. The number of halogens is 2. The van der Waals surface area contributed by atoms with Gasteiger partial charge in [-0.2, -0.15) is 0 Å². The minimum atomic E-state index is -3.99. The molecule has 0 saturated carbocycles. The fourth-order valence-corrected chi connectivity index (χ4v) is 4.20. The average Bonchev–Trinajstić information content (AvgIpc) is 2.79. The Bertz CT molecular complexity index is 972. The normalized spacial score (nSPS) is 15.0. The average molecular weight is 380 g/mol. The first kappa shape index (κ1) is 18.0. The van der Waals surface area contributed by atoms with Gasteiger partial charge in [0.15, 0.2) is 0 Å². The number of rotatable bonds is 5. The molecule has 0 radical (unpaired) electrons. The van der Waals surface area contributed by atoms with Gasteiger partial charge in [0.05, 0.1) is 5.56 Å². The Balaban J connectivity index is 1.63. The molecule has 2 aromatic carbocycles. The third-order valence-electron chi connectivity index (χ3n) is 3.98. The first-order valence-corrected chi connectivity index (χ1v) is 9.12. The van der Waals surface area contributed by atoms with Gasteiger partial charge in [-0.05, 0) is 24.3 Å². The SMILES string of the molecule is O=C(CCN1C(=O)c2ccccc2S1(=O)=O)NCc1c(F)cccc1F. The predicted octanol–water partition coefficient (Wildman–Crippen LogP) is 1.82. The van der Waals surface area contributed by atoms with E-state index in [9.17, 15) is 26.8 Å². The van der Waals surface area contributed by atoms with Crippen LogP contribution in [0.15, 0.2) is 47.4 Å². The van der Waals surface area contributed by atoms with Crippen molar-refractivity contribution in [3.8, 4) is 0 Å². The van der Waals surface area contributed by atoms with Gasteiger partial charge in [-0.1, -0.05) is 18.2 Å². The summed E-state index contributed by atoms with van der Waals surface area (Å²) < 4.78 is 52.4. The minimum absolute atomic E-state index is 0.0568. The molecule has 0 spiro atoms. The Kier molecular flexibility index (Phi) is 4.73. The van der Waals surface area contributed by atoms with Crippen LogP contribution in [-0.2, 0) is 21.4 Å². The smallest absolute Gasteiger partial charge is 0.269 e. The summed E-state index contributed by atoms with van der Waals surface area (Å²) in [4.78, 5) is 24.0. The largest absolute Gasteiger partial charge is 0.352 e. The molecule has 0 atom stereocenters. The first-order valence-electron chi connectivity index (χ1n) is 7.68. The van der Waals surface area contributed by atoms with Gasteiger partial charge in [-0.15, -0.1) is 0 Å². The van der Waals surface area contributed by atoms with Crippen LogP contribution in [0.2, 0.25) is 0 Å². The van der Waals surface area contributed by atoms with E-state index in [0.29, 0.717) is 4.31 Å². The van der Waals surface area contributed by atoms with Crippen molar-refractivity contribution in [1.29, 1.82) is 0 Å². The number of carbonyl (C=O) groups is 2. The summed E-state index contributed by atoms with van der Waals surface area (Å²) in [6.45, 7) is -0.736. The molecule has 0 aliphatic carbocycles. The van der Waals surface area contributed by atoms with Crippen LogP contribution in [0, 0.1) is 11.6 Å². The van der Waals surface area contributed by atoms with Crippen LogP contribution in [-0.4, -0.2) is 31.1 Å². The number of amides is 2. The van der Waals surface area contributed by atoms with Crippen molar-refractivity contribution in [3.63, 3.8) is 0 Å². The molecule has 26 heavy (non-hydrogen) atoms. The van der Waals surface area contributed by atoms with E-state index in [2.05, 4.69) is 5.32 Å². The lowest BCUT2D eigenvalue weighted by molar-refractivity contribution is -0.121. The summed E-state index contributed by atoms with van der Waals surface area (Å²) >= 11 is 0. The molecule has 1 aliphatic heterocycles. The highest BCUT2D eigenvalue weighted by Crippen LogP contribution is 2.29. The highest BCUT2D eigenvalue weighted by Gasteiger charge is 2.40. The zero-order valence-electron chi connectivity index (χ0n) is 13.4. The standard InChI is InChI=1S/C17H14F2N2O4S/c18-13-5-3-6-14(19)12(13)10-20-16(22)8-9-21-17(23)11-4-1-2-7-15(11)26(21,24)25/h1-7H,8-10H2,(H,20,22). The highest BCUT2D eigenvalue weighted by molar-refractivity contribution is 7.90. The molecule has 1 N–H and O–H groups in total. The molecule has 2 aromatic rings. The second-order valence-corrected chi connectivity index (χ2v) is 7.44. The predicted molar refractivity (Wildman–Crippen MR) is 87.5 cm³/mol. The van der Waals surface area contributed by atoms with Crippen LogP contribution >= 0.6 is 0 Å². The molecule has 1 heterocycles. The fraction of sp³-hybridized carbons (Fsp3) is 0.176. The summed E-state index contributed by atoms with van der Waals surface area (Å²) in [5, 5.41) is 2.32. The highest BCUT2D eigenvalue weighted by atomic mass is 32.2. The molecule has 0 saturated heterocycles. The van der Waals surface area contributed by atoms with Gasteiger partial charge in [0, 0.05) is 25.1 Å². The van der Waals surface area contributed by atoms with Crippen LogP contribution in [0.1, 0.15) is 22.3 Å². The van der Waals surface area contributed by atoms with Gasteiger partial charge in [-0.25, -0.2) is 21.5 Å². The van der Waals surface area contributed by atoms with Gasteiger partial charge in [0.2, 0.25) is 5.91 Å². The van der Waals surface area contributed by atoms with Crippen LogP contribution in [0.3, 0.4) is 0 Å². The van der Waals surface area contributed by atoms with E-state index in [4.69, 9.17) is 0 Å². The van der Waals surface area contributed by atoms with Crippen molar-refractivity contribution >= 4 is 21.8 Å². The number of carbonyl (C=O) groups excluding carboxylic acids is 2. The maximum atomic E-state index is 13.5. The van der Waals surface area contributed by atoms with Crippen LogP contribution in [0.5, 0.6) is 0 Å². The lowest BCUT2D eigenvalue weighted by Gasteiger charge is -2.15. The van der Waals surface area contributed by atoms with E-state index in [1.165, 1.54) is 24.3 Å². The third kappa shape index (κ3) is 3.17. The Morgan fingerprint density at radius 1 is 1.04 bits per heavy atom. The van der Waals surface area contributed by atoms with E-state index < -0.39 is 33.5 Å². The van der Waals surface area contributed by atoms with E-state index in [1.807, 2.05) is 0 Å². The molecule has 0 bridgehead atoms.